The molecule has 0 aliphatic heterocycles. The molecule has 7 heteroatoms. The maximum absolute atomic E-state index is 10.9. The molecular weight excluding hydrogens is 176 g/mol. The van der Waals surface area contributed by atoms with Crippen LogP contribution in [0.4, 0.5) is 11.5 Å². The first-order valence-electron chi connectivity index (χ1n) is 3.13. The zero-order chi connectivity index (χ0) is 10.0. The van der Waals surface area contributed by atoms with E-state index in [1.54, 1.807) is 0 Å². The molecule has 0 unspecified atom stereocenters. The SMILES string of the molecule is N#Cc1cc([N+](=O)[O-])c(N)[nH]c1=O. The number of nitrogens with zero attached hydrogens (tertiary/aromatic N) is 2. The molecule has 66 valence electrons. The number of aromatic amines is 1. The summed E-state index contributed by atoms with van der Waals surface area (Å²) < 4.78 is 0. The third kappa shape index (κ3) is 1.46. The monoisotopic (exact) mass is 180 g/mol. The second kappa shape index (κ2) is 2.94. The molecule has 0 saturated carbocycles. The molecule has 0 aliphatic carbocycles. The fraction of sp³-hybridized carbons (Fsp3) is 0. The lowest BCUT2D eigenvalue weighted by Gasteiger charge is -1.95. The standard InChI is InChI=1S/C6H4N4O3/c7-2-3-1-4(10(12)13)5(8)9-6(3)11/h1H,(H3,8,9,11). The number of hydrogen-bond donors (Lipinski definition) is 2. The normalized spacial score (nSPS) is 9.15. The third-order valence-electron chi connectivity index (χ3n) is 1.37. The molecule has 3 N–H and O–H groups in total. The van der Waals surface area contributed by atoms with Crippen LogP contribution in [0.3, 0.4) is 0 Å². The Morgan fingerprint density at radius 1 is 1.69 bits per heavy atom. The predicted molar refractivity (Wildman–Crippen MR) is 42.8 cm³/mol. The van der Waals surface area contributed by atoms with Crippen LogP contribution in [0.25, 0.3) is 0 Å². The van der Waals surface area contributed by atoms with Gasteiger partial charge < -0.3 is 10.7 Å². The van der Waals surface area contributed by atoms with Gasteiger partial charge in [-0.3, -0.25) is 14.9 Å². The van der Waals surface area contributed by atoms with E-state index in [9.17, 15) is 14.9 Å². The summed E-state index contributed by atoms with van der Waals surface area (Å²) in [6.45, 7) is 0. The fourth-order valence-corrected chi connectivity index (χ4v) is 0.768. The van der Waals surface area contributed by atoms with Crippen molar-refractivity contribution in [3.63, 3.8) is 0 Å². The molecule has 0 aliphatic rings. The number of nitriles is 1. The van der Waals surface area contributed by atoms with E-state index in [1.807, 2.05) is 4.98 Å². The molecule has 0 fully saturated rings. The summed E-state index contributed by atoms with van der Waals surface area (Å²) in [5, 5.41) is 18.7. The van der Waals surface area contributed by atoms with Crippen molar-refractivity contribution in [2.24, 2.45) is 0 Å². The number of anilines is 1. The van der Waals surface area contributed by atoms with E-state index in [4.69, 9.17) is 11.0 Å². The van der Waals surface area contributed by atoms with Crippen molar-refractivity contribution in [3.8, 4) is 6.07 Å². The van der Waals surface area contributed by atoms with Gasteiger partial charge >= 0.3 is 5.69 Å². The first-order valence-corrected chi connectivity index (χ1v) is 3.13. The van der Waals surface area contributed by atoms with Gasteiger partial charge in [-0.2, -0.15) is 5.26 Å². The van der Waals surface area contributed by atoms with Crippen molar-refractivity contribution in [1.82, 2.24) is 4.98 Å². The Morgan fingerprint density at radius 3 is 2.77 bits per heavy atom. The van der Waals surface area contributed by atoms with Crippen molar-refractivity contribution in [2.45, 2.75) is 0 Å². The predicted octanol–water partition coefficient (Wildman–Crippen LogP) is -0.263. The second-order valence-electron chi connectivity index (χ2n) is 2.18. The Morgan fingerprint density at radius 2 is 2.31 bits per heavy atom. The van der Waals surface area contributed by atoms with E-state index in [1.165, 1.54) is 6.07 Å². The van der Waals surface area contributed by atoms with Gasteiger partial charge in [-0.15, -0.1) is 0 Å². The number of hydrogen-bond acceptors (Lipinski definition) is 5. The smallest absolute Gasteiger partial charge is 0.310 e. The van der Waals surface area contributed by atoms with Crippen LogP contribution in [0.5, 0.6) is 0 Å². The van der Waals surface area contributed by atoms with Crippen LogP contribution in [0.2, 0.25) is 0 Å². The summed E-state index contributed by atoms with van der Waals surface area (Å²) in [6, 6.07) is 2.36. The zero-order valence-electron chi connectivity index (χ0n) is 6.27. The van der Waals surface area contributed by atoms with E-state index in [0.29, 0.717) is 0 Å². The Labute approximate surface area is 71.6 Å². The van der Waals surface area contributed by atoms with Gasteiger partial charge in [0.15, 0.2) is 5.82 Å². The Balaban J connectivity index is 3.51. The molecule has 0 radical (unpaired) electrons. The third-order valence-corrected chi connectivity index (χ3v) is 1.37. The van der Waals surface area contributed by atoms with Crippen LogP contribution < -0.4 is 11.3 Å². The lowest BCUT2D eigenvalue weighted by Crippen LogP contribution is -2.13. The van der Waals surface area contributed by atoms with Gasteiger partial charge in [0.1, 0.15) is 11.6 Å². The molecular formula is C6H4N4O3. The van der Waals surface area contributed by atoms with Gasteiger partial charge in [0, 0.05) is 6.07 Å². The number of nitrogens with one attached hydrogen (secondary N) is 1. The number of H-pyrrole nitrogens is 1. The highest BCUT2D eigenvalue weighted by molar-refractivity contribution is 5.54. The minimum atomic E-state index is -0.772. The van der Waals surface area contributed by atoms with Crippen molar-refractivity contribution in [3.05, 3.63) is 32.1 Å². The largest absolute Gasteiger partial charge is 0.379 e. The summed E-state index contributed by atoms with van der Waals surface area (Å²) in [5.41, 5.74) is 3.60. The molecule has 0 amide bonds. The van der Waals surface area contributed by atoms with Gasteiger partial charge in [-0.25, -0.2) is 0 Å². The summed E-state index contributed by atoms with van der Waals surface area (Å²) in [4.78, 5) is 22.4. The topological polar surface area (TPSA) is 126 Å². The van der Waals surface area contributed by atoms with Crippen molar-refractivity contribution in [2.75, 3.05) is 5.73 Å². The Bertz CT molecular complexity index is 456. The summed E-state index contributed by atoms with van der Waals surface area (Å²) in [5.74, 6) is -0.353. The number of nitrogen functional groups attached to an aromatic ring is 1. The maximum Gasteiger partial charge on any atom is 0.310 e. The Hall–Kier alpha value is -2.36. The Kier molecular flexibility index (Phi) is 1.98. The molecule has 1 aromatic rings. The van der Waals surface area contributed by atoms with Crippen molar-refractivity contribution in [1.29, 1.82) is 5.26 Å². The molecule has 1 rings (SSSR count). The van der Waals surface area contributed by atoms with E-state index in [0.717, 1.165) is 6.07 Å². The van der Waals surface area contributed by atoms with Crippen molar-refractivity contribution >= 4 is 11.5 Å². The van der Waals surface area contributed by atoms with Crippen LogP contribution in [0.1, 0.15) is 5.56 Å². The van der Waals surface area contributed by atoms with Crippen LogP contribution >= 0.6 is 0 Å². The quantitative estimate of drug-likeness (QED) is 0.454. The molecule has 0 bridgehead atoms. The average Bonchev–Trinajstić information content (AvgIpc) is 2.03. The molecule has 0 spiro atoms. The number of nitrogens with two attached hydrogens (primary N) is 1. The number of aromatic nitrogens is 1. The van der Waals surface area contributed by atoms with Gasteiger partial charge in [0.2, 0.25) is 0 Å². The highest BCUT2D eigenvalue weighted by Gasteiger charge is 2.14. The molecule has 0 atom stereocenters. The second-order valence-corrected chi connectivity index (χ2v) is 2.18. The highest BCUT2D eigenvalue weighted by atomic mass is 16.6. The van der Waals surface area contributed by atoms with Crippen LogP contribution in [-0.2, 0) is 0 Å². The molecule has 1 aromatic heterocycles. The van der Waals surface area contributed by atoms with E-state index in [-0.39, 0.29) is 11.4 Å². The number of pyridine rings is 1. The molecule has 1 heterocycles. The maximum atomic E-state index is 10.9. The first-order chi connectivity index (χ1) is 6.06. The first kappa shape index (κ1) is 8.73. The minimum absolute atomic E-state index is 0.332. The molecule has 7 nitrogen and oxygen atoms in total. The number of rotatable bonds is 1. The van der Waals surface area contributed by atoms with Gasteiger partial charge in [0.25, 0.3) is 5.56 Å². The molecule has 13 heavy (non-hydrogen) atoms. The summed E-state index contributed by atoms with van der Waals surface area (Å²) in [6.07, 6.45) is 0. The lowest BCUT2D eigenvalue weighted by molar-refractivity contribution is -0.384. The minimum Gasteiger partial charge on any atom is -0.379 e. The van der Waals surface area contributed by atoms with E-state index in [2.05, 4.69) is 0 Å². The van der Waals surface area contributed by atoms with Gasteiger partial charge in [-0.05, 0) is 0 Å². The lowest BCUT2D eigenvalue weighted by atomic mass is 10.3. The van der Waals surface area contributed by atoms with Gasteiger partial charge in [0.05, 0.1) is 4.92 Å². The van der Waals surface area contributed by atoms with Crippen LogP contribution in [0.15, 0.2) is 10.9 Å². The molecule has 0 aromatic carbocycles. The highest BCUT2D eigenvalue weighted by Crippen LogP contribution is 2.16. The van der Waals surface area contributed by atoms with Crippen LogP contribution in [0, 0.1) is 21.4 Å². The van der Waals surface area contributed by atoms with Crippen LogP contribution in [-0.4, -0.2) is 9.91 Å². The zero-order valence-corrected chi connectivity index (χ0v) is 6.27. The van der Waals surface area contributed by atoms with E-state index < -0.39 is 16.2 Å². The van der Waals surface area contributed by atoms with Gasteiger partial charge in [-0.1, -0.05) is 0 Å². The average molecular weight is 180 g/mol. The van der Waals surface area contributed by atoms with Crippen molar-refractivity contribution < 1.29 is 4.92 Å². The summed E-state index contributed by atoms with van der Waals surface area (Å²) in [7, 11) is 0. The summed E-state index contributed by atoms with van der Waals surface area (Å²) >= 11 is 0. The fourth-order valence-electron chi connectivity index (χ4n) is 0.768. The molecule has 0 saturated heterocycles. The van der Waals surface area contributed by atoms with E-state index >= 15 is 0 Å². The number of nitro groups is 1.